The summed E-state index contributed by atoms with van der Waals surface area (Å²) in [5.41, 5.74) is 1.75. The van der Waals surface area contributed by atoms with E-state index < -0.39 is 0 Å². The molecule has 0 spiro atoms. The number of aryl methyl sites for hydroxylation is 1. The SMILES string of the molecule is C=CCCCC.CCC(C)CCC(Oc1ccc(CCC(C)(C)C)cc1)OC(C)C. The summed E-state index contributed by atoms with van der Waals surface area (Å²) in [4.78, 5) is 0. The smallest absolute Gasteiger partial charge is 0.200 e. The first-order valence-corrected chi connectivity index (χ1v) is 12.1. The highest BCUT2D eigenvalue weighted by atomic mass is 16.7. The van der Waals surface area contributed by atoms with E-state index in [0.717, 1.165) is 25.0 Å². The highest BCUT2D eigenvalue weighted by molar-refractivity contribution is 5.27. The number of benzene rings is 1. The number of allylic oxidation sites excluding steroid dienone is 1. The van der Waals surface area contributed by atoms with Gasteiger partial charge in [-0.2, -0.15) is 0 Å². The fraction of sp³-hybridized carbons (Fsp3) is 0.714. The van der Waals surface area contributed by atoms with Crippen LogP contribution in [0.1, 0.15) is 106 Å². The molecular weight excluding hydrogens is 368 g/mol. The minimum absolute atomic E-state index is 0.153. The lowest BCUT2D eigenvalue weighted by Crippen LogP contribution is -2.25. The third kappa shape index (κ3) is 16.5. The Labute approximate surface area is 188 Å². The zero-order valence-electron chi connectivity index (χ0n) is 21.3. The standard InChI is InChI=1S/C22H38O2.C6H12/c1-8-18(4)9-14-21(23-17(2)3)24-20-12-10-19(11-13-20)15-16-22(5,6)7;1-3-5-6-4-2/h10-13,17-18,21H,8-9,14-16H2,1-7H3;3H,1,4-6H2,2H3. The lowest BCUT2D eigenvalue weighted by molar-refractivity contribution is -0.113. The summed E-state index contributed by atoms with van der Waals surface area (Å²) < 4.78 is 12.0. The molecule has 0 radical (unpaired) electrons. The molecule has 2 nitrogen and oxygen atoms in total. The fourth-order valence-electron chi connectivity index (χ4n) is 2.84. The average Bonchev–Trinajstić information content (AvgIpc) is 2.69. The van der Waals surface area contributed by atoms with Crippen molar-refractivity contribution in [2.75, 3.05) is 0 Å². The second-order valence-corrected chi connectivity index (χ2v) is 9.96. The molecule has 0 amide bonds. The topological polar surface area (TPSA) is 18.5 Å². The minimum Gasteiger partial charge on any atom is -0.465 e. The van der Waals surface area contributed by atoms with Gasteiger partial charge in [0.25, 0.3) is 0 Å². The fourth-order valence-corrected chi connectivity index (χ4v) is 2.84. The van der Waals surface area contributed by atoms with E-state index in [4.69, 9.17) is 9.47 Å². The summed E-state index contributed by atoms with van der Waals surface area (Å²) in [5.74, 6) is 1.62. The summed E-state index contributed by atoms with van der Waals surface area (Å²) in [7, 11) is 0. The normalized spacial score (nSPS) is 13.4. The van der Waals surface area contributed by atoms with Crippen molar-refractivity contribution >= 4 is 0 Å². The molecule has 0 saturated carbocycles. The third-order valence-corrected chi connectivity index (χ3v) is 5.13. The van der Waals surface area contributed by atoms with Gasteiger partial charge in [0.15, 0.2) is 6.29 Å². The molecule has 30 heavy (non-hydrogen) atoms. The van der Waals surface area contributed by atoms with E-state index in [1.165, 1.54) is 37.7 Å². The average molecular weight is 419 g/mol. The maximum atomic E-state index is 6.10. The molecule has 0 aliphatic heterocycles. The van der Waals surface area contributed by atoms with Crippen LogP contribution in [0.15, 0.2) is 36.9 Å². The predicted molar refractivity (Wildman–Crippen MR) is 133 cm³/mol. The molecule has 1 aromatic rings. The number of hydrogen-bond donors (Lipinski definition) is 0. The zero-order chi connectivity index (χ0) is 23.0. The molecule has 2 unspecified atom stereocenters. The first kappa shape index (κ1) is 28.7. The Balaban J connectivity index is 0.00000122. The Morgan fingerprint density at radius 3 is 2.07 bits per heavy atom. The zero-order valence-corrected chi connectivity index (χ0v) is 21.3. The lowest BCUT2D eigenvalue weighted by Gasteiger charge is -2.23. The van der Waals surface area contributed by atoms with Gasteiger partial charge in [-0.25, -0.2) is 0 Å². The first-order chi connectivity index (χ1) is 14.1. The van der Waals surface area contributed by atoms with E-state index >= 15 is 0 Å². The number of rotatable bonds is 13. The molecular formula is C28H50O2. The summed E-state index contributed by atoms with van der Waals surface area (Å²) in [6.07, 6.45) is 11.3. The molecule has 1 rings (SSSR count). The van der Waals surface area contributed by atoms with E-state index in [1.807, 2.05) is 6.08 Å². The van der Waals surface area contributed by atoms with Gasteiger partial charge >= 0.3 is 0 Å². The second kappa shape index (κ2) is 16.4. The molecule has 2 heteroatoms. The number of unbranched alkanes of at least 4 members (excludes halogenated alkanes) is 2. The van der Waals surface area contributed by atoms with Crippen LogP contribution in [0.2, 0.25) is 0 Å². The van der Waals surface area contributed by atoms with Crippen molar-refractivity contribution < 1.29 is 9.47 Å². The van der Waals surface area contributed by atoms with E-state index in [-0.39, 0.29) is 12.4 Å². The van der Waals surface area contributed by atoms with Crippen LogP contribution < -0.4 is 4.74 Å². The van der Waals surface area contributed by atoms with Crippen LogP contribution in [0.3, 0.4) is 0 Å². The van der Waals surface area contributed by atoms with Gasteiger partial charge in [-0.15, -0.1) is 6.58 Å². The van der Waals surface area contributed by atoms with Crippen molar-refractivity contribution in [3.05, 3.63) is 42.5 Å². The van der Waals surface area contributed by atoms with Crippen molar-refractivity contribution in [2.24, 2.45) is 11.3 Å². The van der Waals surface area contributed by atoms with Gasteiger partial charge in [-0.05, 0) is 68.6 Å². The molecule has 0 fully saturated rings. The van der Waals surface area contributed by atoms with Crippen LogP contribution in [-0.2, 0) is 11.2 Å². The highest BCUT2D eigenvalue weighted by Crippen LogP contribution is 2.24. The molecule has 0 saturated heterocycles. The molecule has 0 heterocycles. The Bertz CT molecular complexity index is 525. The molecule has 0 N–H and O–H groups in total. The van der Waals surface area contributed by atoms with E-state index in [2.05, 4.69) is 86.2 Å². The quantitative estimate of drug-likeness (QED) is 0.181. The predicted octanol–water partition coefficient (Wildman–Crippen LogP) is 8.98. The molecule has 0 bridgehead atoms. The minimum atomic E-state index is -0.153. The molecule has 0 aliphatic carbocycles. The van der Waals surface area contributed by atoms with Crippen molar-refractivity contribution in [1.29, 1.82) is 0 Å². The van der Waals surface area contributed by atoms with Gasteiger partial charge in [-0.1, -0.05) is 79.0 Å². The summed E-state index contributed by atoms with van der Waals surface area (Å²) >= 11 is 0. The molecule has 0 aliphatic rings. The van der Waals surface area contributed by atoms with Crippen LogP contribution in [0.4, 0.5) is 0 Å². The van der Waals surface area contributed by atoms with Crippen molar-refractivity contribution in [3.63, 3.8) is 0 Å². The van der Waals surface area contributed by atoms with Gasteiger partial charge in [-0.3, -0.25) is 0 Å². The van der Waals surface area contributed by atoms with Gasteiger partial charge < -0.3 is 9.47 Å². The van der Waals surface area contributed by atoms with Gasteiger partial charge in [0.05, 0.1) is 6.10 Å². The van der Waals surface area contributed by atoms with Crippen LogP contribution in [0.5, 0.6) is 5.75 Å². The Morgan fingerprint density at radius 2 is 1.63 bits per heavy atom. The van der Waals surface area contributed by atoms with E-state index in [1.54, 1.807) is 0 Å². The summed E-state index contributed by atoms with van der Waals surface area (Å²) in [6.45, 7) is 21.3. The first-order valence-electron chi connectivity index (χ1n) is 12.1. The Morgan fingerprint density at radius 1 is 1.00 bits per heavy atom. The van der Waals surface area contributed by atoms with E-state index in [0.29, 0.717) is 11.3 Å². The van der Waals surface area contributed by atoms with Crippen LogP contribution in [-0.4, -0.2) is 12.4 Å². The molecule has 174 valence electrons. The maximum absolute atomic E-state index is 6.10. The van der Waals surface area contributed by atoms with E-state index in [9.17, 15) is 0 Å². The third-order valence-electron chi connectivity index (χ3n) is 5.13. The van der Waals surface area contributed by atoms with Gasteiger partial charge in [0.1, 0.15) is 5.75 Å². The van der Waals surface area contributed by atoms with Gasteiger partial charge in [0.2, 0.25) is 0 Å². The van der Waals surface area contributed by atoms with Crippen molar-refractivity contribution in [1.82, 2.24) is 0 Å². The number of hydrogen-bond acceptors (Lipinski definition) is 2. The van der Waals surface area contributed by atoms with Crippen LogP contribution in [0.25, 0.3) is 0 Å². The van der Waals surface area contributed by atoms with Crippen molar-refractivity contribution in [3.8, 4) is 5.75 Å². The summed E-state index contributed by atoms with van der Waals surface area (Å²) in [6, 6.07) is 8.53. The molecule has 1 aromatic carbocycles. The highest BCUT2D eigenvalue weighted by Gasteiger charge is 2.15. The van der Waals surface area contributed by atoms with Gasteiger partial charge in [0, 0.05) is 6.42 Å². The van der Waals surface area contributed by atoms with Crippen molar-refractivity contribution in [2.45, 2.75) is 119 Å². The van der Waals surface area contributed by atoms with Crippen LogP contribution in [0, 0.1) is 11.3 Å². The maximum Gasteiger partial charge on any atom is 0.200 e. The summed E-state index contributed by atoms with van der Waals surface area (Å²) in [5, 5.41) is 0. The molecule has 2 atom stereocenters. The Kier molecular flexibility index (Phi) is 15.7. The molecule has 0 aromatic heterocycles. The largest absolute Gasteiger partial charge is 0.465 e. The number of ether oxygens (including phenoxy) is 2. The monoisotopic (exact) mass is 418 g/mol. The lowest BCUT2D eigenvalue weighted by atomic mass is 9.89. The van der Waals surface area contributed by atoms with Crippen LogP contribution >= 0.6 is 0 Å². The second-order valence-electron chi connectivity index (χ2n) is 9.96. The Hall–Kier alpha value is -1.28.